The maximum Gasteiger partial charge on any atom is 0.251 e. The molecule has 0 aliphatic carbocycles. The standard InChI is InChI=1S/C16H16Cl2N2O3S/c1-24(22,23)20(15-7-5-13(17)6-8-15)10-9-19-16(21)12-3-2-4-14(18)11-12/h2-8,11H,9-10H2,1H3,(H,19,21). The molecule has 1 amide bonds. The Hall–Kier alpha value is -1.76. The molecule has 0 aliphatic heterocycles. The van der Waals surface area contributed by atoms with E-state index < -0.39 is 10.0 Å². The first-order valence-electron chi connectivity index (χ1n) is 7.04. The number of hydrogen-bond acceptors (Lipinski definition) is 3. The van der Waals surface area contributed by atoms with Gasteiger partial charge in [-0.25, -0.2) is 8.42 Å². The molecule has 0 aliphatic rings. The highest BCUT2D eigenvalue weighted by Gasteiger charge is 2.17. The first kappa shape index (κ1) is 18.6. The average Bonchev–Trinajstić information content (AvgIpc) is 2.51. The Morgan fingerprint density at radius 1 is 1.08 bits per heavy atom. The molecule has 0 saturated heterocycles. The predicted octanol–water partition coefficient (Wildman–Crippen LogP) is 3.19. The average molecular weight is 387 g/mol. The zero-order valence-corrected chi connectivity index (χ0v) is 15.2. The van der Waals surface area contributed by atoms with Gasteiger partial charge in [0.25, 0.3) is 5.91 Å². The molecule has 5 nitrogen and oxygen atoms in total. The number of sulfonamides is 1. The van der Waals surface area contributed by atoms with Gasteiger partial charge in [0.2, 0.25) is 10.0 Å². The number of benzene rings is 2. The number of carbonyl (C=O) groups is 1. The van der Waals surface area contributed by atoms with Crippen LogP contribution in [0.4, 0.5) is 5.69 Å². The van der Waals surface area contributed by atoms with Gasteiger partial charge in [0.05, 0.1) is 18.5 Å². The number of amides is 1. The Morgan fingerprint density at radius 3 is 2.33 bits per heavy atom. The molecule has 0 heterocycles. The summed E-state index contributed by atoms with van der Waals surface area (Å²) >= 11 is 11.7. The van der Waals surface area contributed by atoms with E-state index in [1.807, 2.05) is 0 Å². The van der Waals surface area contributed by atoms with E-state index in [9.17, 15) is 13.2 Å². The lowest BCUT2D eigenvalue weighted by Gasteiger charge is -2.22. The lowest BCUT2D eigenvalue weighted by molar-refractivity contribution is 0.0955. The Labute approximate surface area is 151 Å². The first-order chi connectivity index (χ1) is 11.3. The van der Waals surface area contributed by atoms with Gasteiger partial charge < -0.3 is 5.32 Å². The number of hydrogen-bond donors (Lipinski definition) is 1. The van der Waals surface area contributed by atoms with Crippen molar-refractivity contribution in [3.8, 4) is 0 Å². The minimum atomic E-state index is -3.48. The van der Waals surface area contributed by atoms with Crippen LogP contribution in [0.15, 0.2) is 48.5 Å². The molecule has 24 heavy (non-hydrogen) atoms. The van der Waals surface area contributed by atoms with Gasteiger partial charge in [0.15, 0.2) is 0 Å². The lowest BCUT2D eigenvalue weighted by Crippen LogP contribution is -2.38. The fourth-order valence-corrected chi connectivity index (χ4v) is 3.34. The maximum atomic E-state index is 12.1. The summed E-state index contributed by atoms with van der Waals surface area (Å²) in [6.45, 7) is 0.258. The molecular weight excluding hydrogens is 371 g/mol. The van der Waals surface area contributed by atoms with Crippen LogP contribution in [0.25, 0.3) is 0 Å². The largest absolute Gasteiger partial charge is 0.350 e. The van der Waals surface area contributed by atoms with E-state index >= 15 is 0 Å². The fourth-order valence-electron chi connectivity index (χ4n) is 2.10. The van der Waals surface area contributed by atoms with Gasteiger partial charge in [0.1, 0.15) is 0 Å². The number of nitrogens with one attached hydrogen (secondary N) is 1. The molecule has 0 aromatic heterocycles. The fraction of sp³-hybridized carbons (Fsp3) is 0.188. The van der Waals surface area contributed by atoms with Gasteiger partial charge in [-0.1, -0.05) is 29.3 Å². The van der Waals surface area contributed by atoms with Crippen LogP contribution in [0.2, 0.25) is 10.0 Å². The minimum Gasteiger partial charge on any atom is -0.350 e. The van der Waals surface area contributed by atoms with Crippen LogP contribution in [0.5, 0.6) is 0 Å². The Kier molecular flexibility index (Phi) is 6.10. The molecule has 0 saturated carbocycles. The van der Waals surface area contributed by atoms with E-state index in [0.29, 0.717) is 21.3 Å². The van der Waals surface area contributed by atoms with Gasteiger partial charge in [-0.3, -0.25) is 9.10 Å². The van der Waals surface area contributed by atoms with E-state index in [4.69, 9.17) is 23.2 Å². The zero-order valence-electron chi connectivity index (χ0n) is 12.9. The molecule has 2 aromatic carbocycles. The van der Waals surface area contributed by atoms with Crippen molar-refractivity contribution in [3.05, 3.63) is 64.1 Å². The van der Waals surface area contributed by atoms with E-state index in [-0.39, 0.29) is 19.0 Å². The Bertz CT molecular complexity index is 823. The topological polar surface area (TPSA) is 66.5 Å². The van der Waals surface area contributed by atoms with Crippen LogP contribution in [-0.2, 0) is 10.0 Å². The van der Waals surface area contributed by atoms with Crippen molar-refractivity contribution >= 4 is 44.8 Å². The van der Waals surface area contributed by atoms with E-state index in [0.717, 1.165) is 6.26 Å². The summed E-state index contributed by atoms with van der Waals surface area (Å²) in [4.78, 5) is 12.1. The minimum absolute atomic E-state index is 0.104. The molecule has 128 valence electrons. The van der Waals surface area contributed by atoms with Crippen LogP contribution in [0.3, 0.4) is 0 Å². The number of halogens is 2. The van der Waals surface area contributed by atoms with Gasteiger partial charge in [-0.2, -0.15) is 0 Å². The molecule has 8 heteroatoms. The number of anilines is 1. The van der Waals surface area contributed by atoms with Gasteiger partial charge in [-0.05, 0) is 42.5 Å². The summed E-state index contributed by atoms with van der Waals surface area (Å²) in [5, 5.41) is 3.66. The molecule has 0 atom stereocenters. The number of nitrogens with zero attached hydrogens (tertiary/aromatic N) is 1. The highest BCUT2D eigenvalue weighted by atomic mass is 35.5. The molecule has 0 radical (unpaired) electrons. The third-order valence-electron chi connectivity index (χ3n) is 3.20. The molecule has 0 unspecified atom stereocenters. The molecule has 1 N–H and O–H groups in total. The summed E-state index contributed by atoms with van der Waals surface area (Å²) in [6.07, 6.45) is 1.11. The molecule has 2 aromatic rings. The van der Waals surface area contributed by atoms with Crippen molar-refractivity contribution in [2.75, 3.05) is 23.7 Å². The first-order valence-corrected chi connectivity index (χ1v) is 9.65. The highest BCUT2D eigenvalue weighted by molar-refractivity contribution is 7.92. The van der Waals surface area contributed by atoms with E-state index in [2.05, 4.69) is 5.32 Å². The van der Waals surface area contributed by atoms with Crippen molar-refractivity contribution in [1.29, 1.82) is 0 Å². The maximum absolute atomic E-state index is 12.1. The predicted molar refractivity (Wildman–Crippen MR) is 97.4 cm³/mol. The molecule has 0 fully saturated rings. The normalized spacial score (nSPS) is 11.1. The summed E-state index contributed by atoms with van der Waals surface area (Å²) < 4.78 is 25.1. The van der Waals surface area contributed by atoms with Crippen LogP contribution in [0.1, 0.15) is 10.4 Å². The van der Waals surface area contributed by atoms with Crippen LogP contribution < -0.4 is 9.62 Å². The third-order valence-corrected chi connectivity index (χ3v) is 4.88. The van der Waals surface area contributed by atoms with Crippen molar-refractivity contribution in [2.24, 2.45) is 0 Å². The SMILES string of the molecule is CS(=O)(=O)N(CCNC(=O)c1cccc(Cl)c1)c1ccc(Cl)cc1. The van der Waals surface area contributed by atoms with Gasteiger partial charge >= 0.3 is 0 Å². The Balaban J connectivity index is 2.04. The van der Waals surface area contributed by atoms with Gasteiger partial charge in [-0.15, -0.1) is 0 Å². The van der Waals surface area contributed by atoms with Crippen LogP contribution >= 0.6 is 23.2 Å². The second kappa shape index (κ2) is 7.88. The van der Waals surface area contributed by atoms with Crippen molar-refractivity contribution in [1.82, 2.24) is 5.32 Å². The number of rotatable bonds is 6. The second-order valence-electron chi connectivity index (χ2n) is 5.08. The summed E-state index contributed by atoms with van der Waals surface area (Å²) in [5.41, 5.74) is 0.902. The second-order valence-corrected chi connectivity index (χ2v) is 7.86. The quantitative estimate of drug-likeness (QED) is 0.828. The lowest BCUT2D eigenvalue weighted by atomic mass is 10.2. The summed E-state index contributed by atoms with van der Waals surface area (Å²) in [7, 11) is -3.48. The summed E-state index contributed by atoms with van der Waals surface area (Å²) in [6, 6.07) is 13.0. The van der Waals surface area contributed by atoms with Crippen molar-refractivity contribution < 1.29 is 13.2 Å². The van der Waals surface area contributed by atoms with E-state index in [1.54, 1.807) is 48.5 Å². The van der Waals surface area contributed by atoms with Crippen molar-refractivity contribution in [2.45, 2.75) is 0 Å². The molecular formula is C16H16Cl2N2O3S. The van der Waals surface area contributed by atoms with Gasteiger partial charge in [0, 0.05) is 22.2 Å². The Morgan fingerprint density at radius 2 is 1.75 bits per heavy atom. The molecule has 0 spiro atoms. The zero-order chi connectivity index (χ0) is 17.7. The molecule has 2 rings (SSSR count). The van der Waals surface area contributed by atoms with Crippen molar-refractivity contribution in [3.63, 3.8) is 0 Å². The molecule has 0 bridgehead atoms. The monoisotopic (exact) mass is 386 g/mol. The van der Waals surface area contributed by atoms with Crippen LogP contribution in [0, 0.1) is 0 Å². The smallest absolute Gasteiger partial charge is 0.251 e. The van der Waals surface area contributed by atoms with E-state index in [1.165, 1.54) is 4.31 Å². The third kappa shape index (κ3) is 5.12. The summed E-state index contributed by atoms with van der Waals surface area (Å²) in [5.74, 6) is -0.318. The highest BCUT2D eigenvalue weighted by Crippen LogP contribution is 2.20. The number of carbonyl (C=O) groups excluding carboxylic acids is 1. The van der Waals surface area contributed by atoms with Crippen LogP contribution in [-0.4, -0.2) is 33.7 Å².